The maximum absolute atomic E-state index is 13.4. The fraction of sp³-hybridized carbons (Fsp3) is 0.633. The zero-order valence-corrected chi connectivity index (χ0v) is 24.8. The normalized spacial score (nSPS) is 17.6. The summed E-state index contributed by atoms with van der Waals surface area (Å²) < 4.78 is 12.8. The number of methoxy groups -OCH3 is 1. The minimum atomic E-state index is -0.532. The average molecular weight is 555 g/mol. The van der Waals surface area contributed by atoms with Gasteiger partial charge in [0.1, 0.15) is 11.4 Å². The predicted octanol–water partition coefficient (Wildman–Crippen LogP) is 3.75. The van der Waals surface area contributed by atoms with Gasteiger partial charge >= 0.3 is 6.09 Å². The molecule has 40 heavy (non-hydrogen) atoms. The zero-order valence-electron chi connectivity index (χ0n) is 24.8. The van der Waals surface area contributed by atoms with Crippen molar-refractivity contribution in [1.82, 2.24) is 29.8 Å². The van der Waals surface area contributed by atoms with Crippen molar-refractivity contribution >= 4 is 12.0 Å². The van der Waals surface area contributed by atoms with Gasteiger partial charge in [0, 0.05) is 51.7 Å². The molecule has 0 radical (unpaired) electrons. The number of piperazine rings is 1. The van der Waals surface area contributed by atoms with Crippen LogP contribution < -0.4 is 10.1 Å². The van der Waals surface area contributed by atoms with E-state index in [1.54, 1.807) is 18.2 Å². The van der Waals surface area contributed by atoms with E-state index in [1.165, 1.54) is 0 Å². The average Bonchev–Trinajstić information content (AvgIpc) is 3.40. The van der Waals surface area contributed by atoms with E-state index in [9.17, 15) is 9.59 Å². The van der Waals surface area contributed by atoms with Gasteiger partial charge in [-0.1, -0.05) is 6.92 Å². The number of hydrogen-bond donors (Lipinski definition) is 1. The third-order valence-electron chi connectivity index (χ3n) is 7.75. The number of likely N-dealkylation sites (tertiary alicyclic amines) is 1. The molecule has 0 bridgehead atoms. The second-order valence-electron chi connectivity index (χ2n) is 11.7. The Hall–Kier alpha value is -3.11. The van der Waals surface area contributed by atoms with Crippen molar-refractivity contribution in [2.75, 3.05) is 66.0 Å². The Labute approximate surface area is 238 Å². The van der Waals surface area contributed by atoms with Crippen molar-refractivity contribution in [3.8, 4) is 11.4 Å². The van der Waals surface area contributed by atoms with Gasteiger partial charge in [-0.3, -0.25) is 4.79 Å². The quantitative estimate of drug-likeness (QED) is 0.472. The van der Waals surface area contributed by atoms with Crippen molar-refractivity contribution in [2.45, 2.75) is 58.5 Å². The lowest BCUT2D eigenvalue weighted by Gasteiger charge is -2.34. The Morgan fingerprint density at radius 1 is 1.00 bits per heavy atom. The second-order valence-corrected chi connectivity index (χ2v) is 11.7. The molecule has 1 N–H and O–H groups in total. The van der Waals surface area contributed by atoms with Crippen LogP contribution in [-0.4, -0.2) is 108 Å². The number of nitrogens with zero attached hydrogens (tertiary/aromatic N) is 5. The van der Waals surface area contributed by atoms with E-state index in [1.807, 2.05) is 49.7 Å². The van der Waals surface area contributed by atoms with Crippen LogP contribution in [0.3, 0.4) is 0 Å². The number of amides is 2. The molecule has 0 aliphatic carbocycles. The minimum absolute atomic E-state index is 0.0823. The molecule has 2 saturated heterocycles. The lowest BCUT2D eigenvalue weighted by Crippen LogP contribution is -2.46. The molecule has 2 fully saturated rings. The van der Waals surface area contributed by atoms with E-state index in [0.717, 1.165) is 75.7 Å². The lowest BCUT2D eigenvalue weighted by molar-refractivity contribution is 0.0203. The molecule has 3 heterocycles. The summed E-state index contributed by atoms with van der Waals surface area (Å²) in [5.74, 6) is 0.747. The van der Waals surface area contributed by atoms with E-state index in [0.29, 0.717) is 25.2 Å². The van der Waals surface area contributed by atoms with Gasteiger partial charge < -0.3 is 29.5 Å². The van der Waals surface area contributed by atoms with Crippen LogP contribution in [0.5, 0.6) is 5.75 Å². The number of rotatable bonds is 9. The number of benzene rings is 1. The Kier molecular flexibility index (Phi) is 10.1. The summed E-state index contributed by atoms with van der Waals surface area (Å²) in [6, 6.07) is 7.69. The van der Waals surface area contributed by atoms with Crippen molar-refractivity contribution in [3.63, 3.8) is 0 Å². The van der Waals surface area contributed by atoms with Gasteiger partial charge in [0.05, 0.1) is 30.3 Å². The fourth-order valence-electron chi connectivity index (χ4n) is 5.45. The van der Waals surface area contributed by atoms with Crippen molar-refractivity contribution in [2.24, 2.45) is 0 Å². The smallest absolute Gasteiger partial charge is 0.410 e. The first-order valence-electron chi connectivity index (χ1n) is 14.6. The van der Waals surface area contributed by atoms with Crippen LogP contribution in [0.25, 0.3) is 5.69 Å². The van der Waals surface area contributed by atoms with Crippen LogP contribution in [0.2, 0.25) is 0 Å². The molecule has 10 heteroatoms. The summed E-state index contributed by atoms with van der Waals surface area (Å²) in [5.41, 5.74) is 1.83. The molecule has 2 aliphatic rings. The summed E-state index contributed by atoms with van der Waals surface area (Å²) in [6.07, 6.45) is 3.76. The largest absolute Gasteiger partial charge is 0.497 e. The number of carbonyl (C=O) groups excluding carboxylic acids is 2. The van der Waals surface area contributed by atoms with Gasteiger partial charge in [0.15, 0.2) is 0 Å². The van der Waals surface area contributed by atoms with Gasteiger partial charge in [-0.05, 0) is 77.4 Å². The Bertz CT molecular complexity index is 1110. The number of nitrogens with one attached hydrogen (secondary N) is 1. The summed E-state index contributed by atoms with van der Waals surface area (Å²) in [6.45, 7) is 16.1. The van der Waals surface area contributed by atoms with Gasteiger partial charge in [-0.2, -0.15) is 5.10 Å². The second kappa shape index (κ2) is 13.5. The summed E-state index contributed by atoms with van der Waals surface area (Å²) in [7, 11) is 1.64. The number of piperidine rings is 1. The first-order valence-corrected chi connectivity index (χ1v) is 14.6. The topological polar surface area (TPSA) is 92.2 Å². The molecule has 2 aliphatic heterocycles. The summed E-state index contributed by atoms with van der Waals surface area (Å²) in [5, 5.41) is 7.79. The Morgan fingerprint density at radius 3 is 2.25 bits per heavy atom. The molecule has 0 spiro atoms. The molecule has 1 aromatic heterocycles. The van der Waals surface area contributed by atoms with Crippen LogP contribution in [0.1, 0.15) is 68.9 Å². The molecule has 2 aromatic rings. The molecule has 2 amide bonds. The number of likely N-dealkylation sites (N-methyl/N-ethyl adjacent to an activating group) is 1. The lowest BCUT2D eigenvalue weighted by atomic mass is 9.91. The van der Waals surface area contributed by atoms with E-state index in [4.69, 9.17) is 9.47 Å². The molecule has 4 rings (SSSR count). The van der Waals surface area contributed by atoms with Crippen molar-refractivity contribution in [3.05, 3.63) is 41.7 Å². The van der Waals surface area contributed by atoms with Crippen LogP contribution in [0, 0.1) is 0 Å². The Morgan fingerprint density at radius 2 is 1.65 bits per heavy atom. The molecular formula is C30H46N6O4. The number of hydrogen-bond acceptors (Lipinski definition) is 7. The molecule has 0 atom stereocenters. The first-order chi connectivity index (χ1) is 19.2. The van der Waals surface area contributed by atoms with Gasteiger partial charge in [0.2, 0.25) is 0 Å². The minimum Gasteiger partial charge on any atom is -0.497 e. The van der Waals surface area contributed by atoms with Crippen LogP contribution in [0.4, 0.5) is 4.79 Å². The van der Waals surface area contributed by atoms with Crippen molar-refractivity contribution in [1.29, 1.82) is 0 Å². The van der Waals surface area contributed by atoms with E-state index < -0.39 is 5.60 Å². The Balaban J connectivity index is 1.43. The van der Waals surface area contributed by atoms with Crippen LogP contribution in [-0.2, 0) is 4.74 Å². The van der Waals surface area contributed by atoms with Crippen LogP contribution >= 0.6 is 0 Å². The number of aromatic nitrogens is 2. The highest BCUT2D eigenvalue weighted by Crippen LogP contribution is 2.33. The fourth-order valence-corrected chi connectivity index (χ4v) is 5.45. The molecular weight excluding hydrogens is 508 g/mol. The molecule has 0 unspecified atom stereocenters. The van der Waals surface area contributed by atoms with E-state index in [2.05, 4.69) is 27.1 Å². The third-order valence-corrected chi connectivity index (χ3v) is 7.75. The van der Waals surface area contributed by atoms with Gasteiger partial charge in [-0.25, -0.2) is 9.48 Å². The number of carbonyl (C=O) groups is 2. The maximum atomic E-state index is 13.4. The monoisotopic (exact) mass is 554 g/mol. The van der Waals surface area contributed by atoms with Gasteiger partial charge in [0.25, 0.3) is 5.91 Å². The number of ether oxygens (including phenoxy) is 2. The standard InChI is InChI=1S/C30H46N6O4/c1-6-33-18-20-34(21-19-33)15-7-14-31-28(37)26-22-32-36(24-8-10-25(39-5)11-9-24)27(26)23-12-16-35(17-13-23)29(38)40-30(2,3)4/h8-11,22-23H,6-7,12-21H2,1-5H3,(H,31,37). The summed E-state index contributed by atoms with van der Waals surface area (Å²) >= 11 is 0. The summed E-state index contributed by atoms with van der Waals surface area (Å²) in [4.78, 5) is 32.8. The van der Waals surface area contributed by atoms with E-state index >= 15 is 0 Å². The van der Waals surface area contributed by atoms with Crippen LogP contribution in [0.15, 0.2) is 30.5 Å². The molecule has 220 valence electrons. The highest BCUT2D eigenvalue weighted by molar-refractivity contribution is 5.95. The highest BCUT2D eigenvalue weighted by atomic mass is 16.6. The molecule has 1 aromatic carbocycles. The first kappa shape index (κ1) is 29.9. The highest BCUT2D eigenvalue weighted by Gasteiger charge is 2.32. The van der Waals surface area contributed by atoms with Crippen molar-refractivity contribution < 1.29 is 19.1 Å². The maximum Gasteiger partial charge on any atom is 0.410 e. The zero-order chi connectivity index (χ0) is 28.7. The van der Waals surface area contributed by atoms with Gasteiger partial charge in [-0.15, -0.1) is 0 Å². The molecule has 0 saturated carbocycles. The van der Waals surface area contributed by atoms with E-state index in [-0.39, 0.29) is 17.9 Å². The SMILES string of the molecule is CCN1CCN(CCCNC(=O)c2cnn(-c3ccc(OC)cc3)c2C2CCN(C(=O)OC(C)(C)C)CC2)CC1. The molecule has 10 nitrogen and oxygen atoms in total. The predicted molar refractivity (Wildman–Crippen MR) is 155 cm³/mol. The third kappa shape index (κ3) is 7.75.